The van der Waals surface area contributed by atoms with Gasteiger partial charge in [0.25, 0.3) is 0 Å². The maximum absolute atomic E-state index is 12.2. The van der Waals surface area contributed by atoms with Crippen molar-refractivity contribution in [2.45, 2.75) is 26.8 Å². The molecule has 1 atom stereocenters. The van der Waals surface area contributed by atoms with Crippen molar-refractivity contribution in [2.24, 2.45) is 0 Å². The van der Waals surface area contributed by atoms with Crippen molar-refractivity contribution in [3.8, 4) is 0 Å². The highest BCUT2D eigenvalue weighted by atomic mass is 16.3. The van der Waals surface area contributed by atoms with Crippen LogP contribution >= 0.6 is 0 Å². The van der Waals surface area contributed by atoms with Gasteiger partial charge in [0.15, 0.2) is 0 Å². The van der Waals surface area contributed by atoms with Gasteiger partial charge in [-0.15, -0.1) is 0 Å². The summed E-state index contributed by atoms with van der Waals surface area (Å²) in [5.41, 5.74) is 0.891. The van der Waals surface area contributed by atoms with Crippen molar-refractivity contribution in [1.29, 1.82) is 0 Å². The number of likely N-dealkylation sites (N-methyl/N-ethyl adjacent to an activating group) is 2. The standard InChI is InChI=1S/C17H24N2O2/c1-5-19(6-2)17(20)12-18(4)13(3)16-11-14-9-7-8-10-15(14)21-16/h7-11,13H,5-6,12H2,1-4H3. The summed E-state index contributed by atoms with van der Waals surface area (Å²) in [7, 11) is 1.96. The molecule has 0 N–H and O–H groups in total. The molecule has 0 fully saturated rings. The molecule has 4 heteroatoms. The van der Waals surface area contributed by atoms with Gasteiger partial charge in [-0.2, -0.15) is 0 Å². The van der Waals surface area contributed by atoms with Gasteiger partial charge in [-0.3, -0.25) is 9.69 Å². The summed E-state index contributed by atoms with van der Waals surface area (Å²) in [6.45, 7) is 7.98. The number of amides is 1. The first-order chi connectivity index (χ1) is 10.1. The zero-order chi connectivity index (χ0) is 15.4. The molecule has 4 nitrogen and oxygen atoms in total. The molecule has 2 rings (SSSR count). The Balaban J connectivity index is 2.08. The van der Waals surface area contributed by atoms with Gasteiger partial charge in [-0.1, -0.05) is 18.2 Å². The Hall–Kier alpha value is -1.81. The Kier molecular flexibility index (Phi) is 5.02. The van der Waals surface area contributed by atoms with Crippen molar-refractivity contribution in [1.82, 2.24) is 9.80 Å². The van der Waals surface area contributed by atoms with Crippen LogP contribution in [0.25, 0.3) is 11.0 Å². The first-order valence-corrected chi connectivity index (χ1v) is 7.53. The van der Waals surface area contributed by atoms with E-state index in [-0.39, 0.29) is 11.9 Å². The highest BCUT2D eigenvalue weighted by molar-refractivity contribution is 5.79. The number of rotatable bonds is 6. The first-order valence-electron chi connectivity index (χ1n) is 7.53. The van der Waals surface area contributed by atoms with E-state index in [4.69, 9.17) is 4.42 Å². The molecule has 1 unspecified atom stereocenters. The van der Waals surface area contributed by atoms with E-state index in [2.05, 4.69) is 13.0 Å². The van der Waals surface area contributed by atoms with Crippen LogP contribution < -0.4 is 0 Å². The number of nitrogens with zero attached hydrogens (tertiary/aromatic N) is 2. The van der Waals surface area contributed by atoms with Crippen molar-refractivity contribution >= 4 is 16.9 Å². The van der Waals surface area contributed by atoms with Crippen LogP contribution in [0.3, 0.4) is 0 Å². The lowest BCUT2D eigenvalue weighted by molar-refractivity contribution is -0.132. The largest absolute Gasteiger partial charge is 0.459 e. The predicted octanol–water partition coefficient (Wildman–Crippen LogP) is 3.29. The average Bonchev–Trinajstić information content (AvgIpc) is 2.91. The highest BCUT2D eigenvalue weighted by Gasteiger charge is 2.20. The zero-order valence-corrected chi connectivity index (χ0v) is 13.3. The molecule has 1 aromatic carbocycles. The molecular formula is C17H24N2O2. The lowest BCUT2D eigenvalue weighted by Gasteiger charge is -2.26. The average molecular weight is 288 g/mol. The van der Waals surface area contributed by atoms with Crippen LogP contribution in [0.1, 0.15) is 32.6 Å². The van der Waals surface area contributed by atoms with E-state index in [0.29, 0.717) is 6.54 Å². The molecule has 1 aromatic heterocycles. The van der Waals surface area contributed by atoms with Gasteiger partial charge in [0.05, 0.1) is 12.6 Å². The van der Waals surface area contributed by atoms with Crippen molar-refractivity contribution in [3.05, 3.63) is 36.1 Å². The molecule has 0 aliphatic carbocycles. The molecule has 1 heterocycles. The third kappa shape index (κ3) is 3.45. The molecule has 0 aliphatic rings. The molecule has 21 heavy (non-hydrogen) atoms. The number of fused-ring (bicyclic) bond motifs is 1. The van der Waals surface area contributed by atoms with E-state index in [1.165, 1.54) is 0 Å². The van der Waals surface area contributed by atoms with Crippen LogP contribution in [0.5, 0.6) is 0 Å². The second-order valence-corrected chi connectivity index (χ2v) is 5.34. The molecule has 2 aromatic rings. The molecule has 0 bridgehead atoms. The minimum Gasteiger partial charge on any atom is -0.459 e. The van der Waals surface area contributed by atoms with E-state index in [1.807, 2.05) is 55.0 Å². The number of carbonyl (C=O) groups excluding carboxylic acids is 1. The van der Waals surface area contributed by atoms with Gasteiger partial charge in [-0.25, -0.2) is 0 Å². The van der Waals surface area contributed by atoms with Gasteiger partial charge >= 0.3 is 0 Å². The summed E-state index contributed by atoms with van der Waals surface area (Å²) >= 11 is 0. The molecule has 0 saturated carbocycles. The summed E-state index contributed by atoms with van der Waals surface area (Å²) in [6, 6.07) is 10.1. The number of furan rings is 1. The predicted molar refractivity (Wildman–Crippen MR) is 85.2 cm³/mol. The maximum Gasteiger partial charge on any atom is 0.236 e. The van der Waals surface area contributed by atoms with Crippen LogP contribution in [0.2, 0.25) is 0 Å². The molecular weight excluding hydrogens is 264 g/mol. The Bertz CT molecular complexity index is 569. The van der Waals surface area contributed by atoms with Gasteiger partial charge in [0, 0.05) is 18.5 Å². The Morgan fingerprint density at radius 3 is 2.52 bits per heavy atom. The number of carbonyl (C=O) groups is 1. The van der Waals surface area contributed by atoms with Crippen LogP contribution in [-0.4, -0.2) is 42.4 Å². The molecule has 0 radical (unpaired) electrons. The van der Waals surface area contributed by atoms with E-state index < -0.39 is 0 Å². The molecule has 114 valence electrons. The minimum absolute atomic E-state index is 0.0666. The second kappa shape index (κ2) is 6.76. The summed E-state index contributed by atoms with van der Waals surface area (Å²) in [6.07, 6.45) is 0. The zero-order valence-electron chi connectivity index (χ0n) is 13.3. The minimum atomic E-state index is 0.0666. The van der Waals surface area contributed by atoms with E-state index in [1.54, 1.807) is 0 Å². The Morgan fingerprint density at radius 1 is 1.24 bits per heavy atom. The van der Waals surface area contributed by atoms with Crippen LogP contribution in [0.15, 0.2) is 34.7 Å². The van der Waals surface area contributed by atoms with Gasteiger partial charge in [-0.05, 0) is 40.0 Å². The van der Waals surface area contributed by atoms with Gasteiger partial charge in [0.1, 0.15) is 11.3 Å². The normalized spacial score (nSPS) is 12.8. The third-order valence-corrected chi connectivity index (χ3v) is 4.02. The number of benzene rings is 1. The lowest BCUT2D eigenvalue weighted by Crippen LogP contribution is -2.39. The Morgan fingerprint density at radius 2 is 1.90 bits per heavy atom. The number of para-hydroxylation sites is 1. The monoisotopic (exact) mass is 288 g/mol. The van der Waals surface area contributed by atoms with Crippen molar-refractivity contribution in [3.63, 3.8) is 0 Å². The SMILES string of the molecule is CCN(CC)C(=O)CN(C)C(C)c1cc2ccccc2o1. The fraction of sp³-hybridized carbons (Fsp3) is 0.471. The van der Waals surface area contributed by atoms with Crippen molar-refractivity contribution in [2.75, 3.05) is 26.7 Å². The maximum atomic E-state index is 12.2. The van der Waals surface area contributed by atoms with E-state index in [9.17, 15) is 4.79 Å². The summed E-state index contributed by atoms with van der Waals surface area (Å²) in [5.74, 6) is 1.05. The highest BCUT2D eigenvalue weighted by Crippen LogP contribution is 2.26. The molecule has 0 aliphatic heterocycles. The fourth-order valence-corrected chi connectivity index (χ4v) is 2.45. The third-order valence-electron chi connectivity index (χ3n) is 4.02. The van der Waals surface area contributed by atoms with Crippen molar-refractivity contribution < 1.29 is 9.21 Å². The van der Waals surface area contributed by atoms with Crippen LogP contribution in [-0.2, 0) is 4.79 Å². The lowest BCUT2D eigenvalue weighted by atomic mass is 10.2. The smallest absolute Gasteiger partial charge is 0.236 e. The van der Waals surface area contributed by atoms with E-state index >= 15 is 0 Å². The number of hydrogen-bond donors (Lipinski definition) is 0. The Labute approximate surface area is 126 Å². The molecule has 0 spiro atoms. The van der Waals surface area contributed by atoms with E-state index in [0.717, 1.165) is 29.8 Å². The topological polar surface area (TPSA) is 36.7 Å². The first kappa shape index (κ1) is 15.6. The number of hydrogen-bond acceptors (Lipinski definition) is 3. The van der Waals surface area contributed by atoms with Crippen LogP contribution in [0, 0.1) is 0 Å². The second-order valence-electron chi connectivity index (χ2n) is 5.34. The summed E-state index contributed by atoms with van der Waals surface area (Å²) in [4.78, 5) is 16.1. The quantitative estimate of drug-likeness (QED) is 0.818. The van der Waals surface area contributed by atoms with Gasteiger partial charge < -0.3 is 9.32 Å². The molecule has 1 amide bonds. The molecule has 0 saturated heterocycles. The van der Waals surface area contributed by atoms with Crippen LogP contribution in [0.4, 0.5) is 0 Å². The van der Waals surface area contributed by atoms with Gasteiger partial charge in [0.2, 0.25) is 5.91 Å². The summed E-state index contributed by atoms with van der Waals surface area (Å²) in [5, 5.41) is 1.10. The fourth-order valence-electron chi connectivity index (χ4n) is 2.45. The summed E-state index contributed by atoms with van der Waals surface area (Å²) < 4.78 is 5.88.